The van der Waals surface area contributed by atoms with Gasteiger partial charge in [-0.05, 0) is 12.1 Å². The van der Waals surface area contributed by atoms with Gasteiger partial charge in [0.1, 0.15) is 11.4 Å². The molecule has 0 amide bonds. The molecular weight excluding hydrogens is 284 g/mol. The second-order valence-corrected chi connectivity index (χ2v) is 4.98. The lowest BCUT2D eigenvalue weighted by molar-refractivity contribution is 0.320. The minimum Gasteiger partial charge on any atom is -0.410 e. The average Bonchev–Trinajstić information content (AvgIpc) is 2.64. The van der Waals surface area contributed by atoms with E-state index in [9.17, 15) is 5.21 Å². The van der Waals surface area contributed by atoms with Crippen molar-refractivity contribution in [1.82, 2.24) is 0 Å². The van der Waals surface area contributed by atoms with Crippen molar-refractivity contribution >= 4 is 17.1 Å². The zero-order chi connectivity index (χ0) is 15.9. The number of benzene rings is 3. The molecule has 0 spiro atoms. The zero-order valence-corrected chi connectivity index (χ0v) is 12.5. The molecule has 3 heteroatoms. The molecule has 0 aliphatic heterocycles. The highest BCUT2D eigenvalue weighted by Crippen LogP contribution is 2.16. The van der Waals surface area contributed by atoms with Crippen LogP contribution in [0.3, 0.4) is 0 Å². The van der Waals surface area contributed by atoms with Crippen molar-refractivity contribution < 1.29 is 5.21 Å². The average molecular weight is 300 g/mol. The van der Waals surface area contributed by atoms with E-state index in [1.807, 2.05) is 91.0 Å². The lowest BCUT2D eigenvalue weighted by atomic mass is 9.99. The standard InChI is InChI=1S/C20H16N2O/c23-22-20(17-12-6-2-7-13-17)19(16-10-4-1-5-11-16)21-18-14-8-3-9-15-18/h1-15,23H. The van der Waals surface area contributed by atoms with E-state index in [1.165, 1.54) is 0 Å². The van der Waals surface area contributed by atoms with Crippen molar-refractivity contribution in [2.45, 2.75) is 0 Å². The molecule has 3 nitrogen and oxygen atoms in total. The number of oxime groups is 1. The fourth-order valence-corrected chi connectivity index (χ4v) is 2.32. The molecule has 0 aliphatic rings. The van der Waals surface area contributed by atoms with Crippen LogP contribution in [0.4, 0.5) is 5.69 Å². The van der Waals surface area contributed by atoms with Gasteiger partial charge in [-0.2, -0.15) is 0 Å². The summed E-state index contributed by atoms with van der Waals surface area (Å²) < 4.78 is 0. The van der Waals surface area contributed by atoms with Crippen molar-refractivity contribution in [2.75, 3.05) is 0 Å². The third kappa shape index (κ3) is 3.52. The van der Waals surface area contributed by atoms with E-state index in [1.54, 1.807) is 0 Å². The van der Waals surface area contributed by atoms with E-state index in [2.05, 4.69) is 5.16 Å². The second kappa shape index (κ2) is 7.18. The van der Waals surface area contributed by atoms with E-state index < -0.39 is 0 Å². The van der Waals surface area contributed by atoms with Crippen molar-refractivity contribution in [3.8, 4) is 0 Å². The van der Waals surface area contributed by atoms with Gasteiger partial charge in [0.05, 0.1) is 5.69 Å². The quantitative estimate of drug-likeness (QED) is 0.424. The van der Waals surface area contributed by atoms with Gasteiger partial charge in [-0.1, -0.05) is 84.0 Å². The molecule has 0 radical (unpaired) electrons. The first-order valence-corrected chi connectivity index (χ1v) is 7.35. The summed E-state index contributed by atoms with van der Waals surface area (Å²) in [4.78, 5) is 4.70. The molecule has 1 N–H and O–H groups in total. The van der Waals surface area contributed by atoms with Crippen LogP contribution < -0.4 is 0 Å². The maximum atomic E-state index is 9.60. The maximum Gasteiger partial charge on any atom is 0.136 e. The van der Waals surface area contributed by atoms with Gasteiger partial charge in [-0.25, -0.2) is 4.99 Å². The Hall–Kier alpha value is -3.20. The van der Waals surface area contributed by atoms with Crippen LogP contribution in [0.25, 0.3) is 0 Å². The van der Waals surface area contributed by atoms with E-state index in [0.29, 0.717) is 11.4 Å². The maximum absolute atomic E-state index is 9.60. The van der Waals surface area contributed by atoms with Crippen LogP contribution in [0.1, 0.15) is 11.1 Å². The van der Waals surface area contributed by atoms with Crippen molar-refractivity contribution in [2.24, 2.45) is 10.1 Å². The zero-order valence-electron chi connectivity index (χ0n) is 12.5. The van der Waals surface area contributed by atoms with Gasteiger partial charge in [-0.3, -0.25) is 0 Å². The molecule has 23 heavy (non-hydrogen) atoms. The normalized spacial score (nSPS) is 12.2. The van der Waals surface area contributed by atoms with Crippen LogP contribution >= 0.6 is 0 Å². The third-order valence-electron chi connectivity index (χ3n) is 3.42. The molecule has 0 saturated heterocycles. The number of rotatable bonds is 4. The fourth-order valence-electron chi connectivity index (χ4n) is 2.32. The van der Waals surface area contributed by atoms with Gasteiger partial charge >= 0.3 is 0 Å². The Labute approximate surface area is 135 Å². The summed E-state index contributed by atoms with van der Waals surface area (Å²) >= 11 is 0. The topological polar surface area (TPSA) is 45.0 Å². The number of aliphatic imine (C=N–C) groups is 1. The van der Waals surface area contributed by atoms with E-state index in [4.69, 9.17) is 4.99 Å². The van der Waals surface area contributed by atoms with E-state index in [-0.39, 0.29) is 0 Å². The Balaban J connectivity index is 2.14. The molecule has 0 atom stereocenters. The summed E-state index contributed by atoms with van der Waals surface area (Å²) in [6, 6.07) is 28.9. The highest BCUT2D eigenvalue weighted by molar-refractivity contribution is 6.53. The molecular formula is C20H16N2O. The first kappa shape index (κ1) is 14.7. The van der Waals surface area contributed by atoms with Gasteiger partial charge in [0.2, 0.25) is 0 Å². The second-order valence-electron chi connectivity index (χ2n) is 4.98. The molecule has 0 aliphatic carbocycles. The van der Waals surface area contributed by atoms with Gasteiger partial charge in [-0.15, -0.1) is 0 Å². The highest BCUT2D eigenvalue weighted by Gasteiger charge is 2.15. The van der Waals surface area contributed by atoms with Crippen LogP contribution in [0.5, 0.6) is 0 Å². The predicted octanol–water partition coefficient (Wildman–Crippen LogP) is 4.69. The van der Waals surface area contributed by atoms with Crippen LogP contribution in [-0.2, 0) is 0 Å². The Kier molecular flexibility index (Phi) is 4.60. The van der Waals surface area contributed by atoms with Crippen LogP contribution in [0, 0.1) is 0 Å². The summed E-state index contributed by atoms with van der Waals surface area (Å²) in [5.74, 6) is 0. The Morgan fingerprint density at radius 3 is 1.48 bits per heavy atom. The lowest BCUT2D eigenvalue weighted by Crippen LogP contribution is -2.17. The van der Waals surface area contributed by atoms with Crippen molar-refractivity contribution in [3.05, 3.63) is 102 Å². The summed E-state index contributed by atoms with van der Waals surface area (Å²) in [7, 11) is 0. The Bertz CT molecular complexity index is 810. The highest BCUT2D eigenvalue weighted by atomic mass is 16.4. The molecule has 0 fully saturated rings. The van der Waals surface area contributed by atoms with Crippen molar-refractivity contribution in [1.29, 1.82) is 0 Å². The smallest absolute Gasteiger partial charge is 0.136 e. The molecule has 3 rings (SSSR count). The Morgan fingerprint density at radius 2 is 1.00 bits per heavy atom. The van der Waals surface area contributed by atoms with Gasteiger partial charge in [0, 0.05) is 11.1 Å². The summed E-state index contributed by atoms with van der Waals surface area (Å²) in [6.45, 7) is 0. The number of nitrogens with zero attached hydrogens (tertiary/aromatic N) is 2. The van der Waals surface area contributed by atoms with E-state index >= 15 is 0 Å². The summed E-state index contributed by atoms with van der Waals surface area (Å²) in [6.07, 6.45) is 0. The minimum atomic E-state index is 0.445. The minimum absolute atomic E-state index is 0.445. The summed E-state index contributed by atoms with van der Waals surface area (Å²) in [5, 5.41) is 13.1. The largest absolute Gasteiger partial charge is 0.410 e. The molecule has 3 aromatic rings. The number of hydrogen-bond donors (Lipinski definition) is 1. The number of para-hydroxylation sites is 1. The lowest BCUT2D eigenvalue weighted by Gasteiger charge is -2.09. The van der Waals surface area contributed by atoms with Gasteiger partial charge < -0.3 is 5.21 Å². The molecule has 0 bridgehead atoms. The summed E-state index contributed by atoms with van der Waals surface area (Å²) in [5.41, 5.74) is 3.59. The Morgan fingerprint density at radius 1 is 0.565 bits per heavy atom. The predicted molar refractivity (Wildman–Crippen MR) is 93.8 cm³/mol. The molecule has 112 valence electrons. The monoisotopic (exact) mass is 300 g/mol. The fraction of sp³-hybridized carbons (Fsp3) is 0. The molecule has 0 aromatic heterocycles. The molecule has 0 saturated carbocycles. The van der Waals surface area contributed by atoms with Crippen LogP contribution in [-0.4, -0.2) is 16.6 Å². The van der Waals surface area contributed by atoms with Gasteiger partial charge in [0.15, 0.2) is 0 Å². The van der Waals surface area contributed by atoms with E-state index in [0.717, 1.165) is 16.8 Å². The van der Waals surface area contributed by atoms with Gasteiger partial charge in [0.25, 0.3) is 0 Å². The molecule has 0 heterocycles. The first-order chi connectivity index (χ1) is 11.4. The molecule has 0 unspecified atom stereocenters. The number of hydrogen-bond acceptors (Lipinski definition) is 3. The van der Waals surface area contributed by atoms with Crippen molar-refractivity contribution in [3.63, 3.8) is 0 Å². The first-order valence-electron chi connectivity index (χ1n) is 7.35. The van der Waals surface area contributed by atoms with Crippen LogP contribution in [0.15, 0.2) is 101 Å². The third-order valence-corrected chi connectivity index (χ3v) is 3.42. The molecule has 3 aromatic carbocycles. The van der Waals surface area contributed by atoms with Crippen LogP contribution in [0.2, 0.25) is 0 Å². The SMILES string of the molecule is ON=C(C(=Nc1ccccc1)c1ccccc1)c1ccccc1.